The Morgan fingerprint density at radius 3 is 2.17 bits per heavy atom. The van der Waals surface area contributed by atoms with Crippen molar-refractivity contribution in [1.29, 1.82) is 0 Å². The van der Waals surface area contributed by atoms with Gasteiger partial charge in [-0.2, -0.15) is 0 Å². The van der Waals surface area contributed by atoms with Gasteiger partial charge < -0.3 is 14.2 Å². The van der Waals surface area contributed by atoms with Crippen molar-refractivity contribution in [1.82, 2.24) is 0 Å². The molecule has 4 fully saturated rings. The zero-order chi connectivity index (χ0) is 28.8. The first-order chi connectivity index (χ1) is 18.1. The van der Waals surface area contributed by atoms with Crippen LogP contribution >= 0.6 is 0 Å². The Kier molecular flexibility index (Phi) is 14.0. The number of hydrogen-bond donors (Lipinski definition) is 1. The molecule has 4 aliphatic rings. The van der Waals surface area contributed by atoms with Crippen molar-refractivity contribution in [2.75, 3.05) is 6.61 Å². The molecule has 0 amide bonds. The molecule has 41 heavy (non-hydrogen) atoms. The van der Waals surface area contributed by atoms with Crippen molar-refractivity contribution in [3.05, 3.63) is 12.2 Å². The molecule has 11 atom stereocenters. The molecule has 0 saturated heterocycles. The third-order valence-electron chi connectivity index (χ3n) is 11.4. The molecule has 4 aliphatic carbocycles. The van der Waals surface area contributed by atoms with E-state index in [0.717, 1.165) is 44.9 Å². The second-order valence-corrected chi connectivity index (χ2v) is 15.5. The smallest absolute Gasteiger partial charge is 0.726 e. The van der Waals surface area contributed by atoms with Crippen molar-refractivity contribution < 1.29 is 98.5 Å². The van der Waals surface area contributed by atoms with E-state index >= 15 is 0 Å². The summed E-state index contributed by atoms with van der Waals surface area (Å²) in [4.78, 5) is 0. The van der Waals surface area contributed by atoms with E-state index < -0.39 is 33.0 Å². The minimum absolute atomic E-state index is 0. The molecule has 0 aliphatic heterocycles. The monoisotopic (exact) mass is 636 g/mol. The van der Waals surface area contributed by atoms with Gasteiger partial charge in [-0.3, -0.25) is 8.37 Å². The molecule has 4 rings (SSSR count). The summed E-state index contributed by atoms with van der Waals surface area (Å²) in [7, 11) is -9.60. The largest absolute Gasteiger partial charge is 1.00 e. The minimum Gasteiger partial charge on any atom is -0.726 e. The van der Waals surface area contributed by atoms with Gasteiger partial charge in [0.25, 0.3) is 0 Å². The van der Waals surface area contributed by atoms with Crippen LogP contribution in [0, 0.1) is 52.3 Å². The maximum absolute atomic E-state index is 11.8. The van der Waals surface area contributed by atoms with Gasteiger partial charge in [-0.25, -0.2) is 16.8 Å². The third-order valence-corrected chi connectivity index (χ3v) is 12.3. The van der Waals surface area contributed by atoms with Crippen molar-refractivity contribution in [3.8, 4) is 0 Å². The molecule has 0 radical (unpaired) electrons. The number of hydrogen-bond acceptors (Lipinski definition) is 9. The van der Waals surface area contributed by atoms with Crippen LogP contribution in [0.5, 0.6) is 0 Å². The Labute approximate surface area is 291 Å². The molecule has 13 heteroatoms. The molecule has 0 aromatic rings. The van der Waals surface area contributed by atoms with E-state index in [0.29, 0.717) is 25.2 Å². The topological polar surface area (TPSA) is 153 Å². The molecule has 0 spiro atoms. The molecular formula is C28H46Na2O9S2. The summed E-state index contributed by atoms with van der Waals surface area (Å²) in [5, 5.41) is 10.4. The fraction of sp³-hybridized carbons (Fsp3) is 0.929. The molecule has 9 nitrogen and oxygen atoms in total. The molecule has 0 aromatic carbocycles. The first kappa shape index (κ1) is 38.6. The second kappa shape index (κ2) is 14.9. The van der Waals surface area contributed by atoms with E-state index in [9.17, 15) is 31.0 Å². The average molecular weight is 637 g/mol. The van der Waals surface area contributed by atoms with Crippen LogP contribution in [0.1, 0.15) is 91.9 Å². The van der Waals surface area contributed by atoms with Crippen molar-refractivity contribution in [2.24, 2.45) is 52.3 Å². The average Bonchev–Trinajstić information content (AvgIpc) is 3.17. The van der Waals surface area contributed by atoms with Gasteiger partial charge in [0.2, 0.25) is 20.8 Å². The standard InChI is InChI=1S/C28H48O9S2.2Na/c1-5-6-19(17-36-38(30,31)32)8-7-18(2)22-9-10-23-26-24(12-14-28(22,23)4)27(3)13-11-21(29)15-20(27)16-25(26)37-39(33,34)35;;/h7-8,18-26,29H,5-6,9-17H2,1-4H3,(H,30,31,32)(H,33,34,35);;/q;2*+1/p-2/b8-7+;;/t18-,19-,20-,21+,22-,23?,24?,25-,26?,27+,28-;;/m1../s1. The van der Waals surface area contributed by atoms with Gasteiger partial charge in [-0.1, -0.05) is 46.3 Å². The Morgan fingerprint density at radius 2 is 1.56 bits per heavy atom. The van der Waals surface area contributed by atoms with Crippen LogP contribution in [0.4, 0.5) is 0 Å². The van der Waals surface area contributed by atoms with Crippen molar-refractivity contribution in [3.63, 3.8) is 0 Å². The molecule has 0 heterocycles. The van der Waals surface area contributed by atoms with Crippen molar-refractivity contribution >= 4 is 20.8 Å². The van der Waals surface area contributed by atoms with Crippen LogP contribution in [-0.2, 0) is 29.2 Å². The first-order valence-corrected chi connectivity index (χ1v) is 17.3. The maximum atomic E-state index is 11.8. The van der Waals surface area contributed by atoms with E-state index in [1.807, 2.05) is 13.0 Å². The fourth-order valence-electron chi connectivity index (χ4n) is 9.57. The van der Waals surface area contributed by atoms with Gasteiger partial charge in [0.1, 0.15) is 0 Å². The summed E-state index contributed by atoms with van der Waals surface area (Å²) in [6.45, 7) is 8.63. The summed E-state index contributed by atoms with van der Waals surface area (Å²) < 4.78 is 78.2. The van der Waals surface area contributed by atoms with Gasteiger partial charge in [-0.05, 0) is 104 Å². The minimum atomic E-state index is -4.86. The van der Waals surface area contributed by atoms with Gasteiger partial charge in [-0.15, -0.1) is 0 Å². The van der Waals surface area contributed by atoms with Crippen LogP contribution in [-0.4, -0.2) is 49.9 Å². The summed E-state index contributed by atoms with van der Waals surface area (Å²) in [6.07, 6.45) is 11.3. The second-order valence-electron chi connectivity index (χ2n) is 13.4. The molecule has 3 unspecified atom stereocenters. The normalized spacial score (nSPS) is 40.4. The third kappa shape index (κ3) is 8.83. The van der Waals surface area contributed by atoms with Crippen LogP contribution in [0.25, 0.3) is 0 Å². The Bertz CT molecular complexity index is 1120. The summed E-state index contributed by atoms with van der Waals surface area (Å²) in [6, 6.07) is 0. The maximum Gasteiger partial charge on any atom is 1.00 e. The number of allylic oxidation sites excluding steroid dienone is 1. The molecule has 4 saturated carbocycles. The van der Waals surface area contributed by atoms with Gasteiger partial charge in [0, 0.05) is 5.92 Å². The Hall–Kier alpha value is 1.44. The number of fused-ring (bicyclic) bond motifs is 5. The van der Waals surface area contributed by atoms with E-state index in [4.69, 9.17) is 4.18 Å². The molecular weight excluding hydrogens is 590 g/mol. The van der Waals surface area contributed by atoms with Crippen LogP contribution in [0.2, 0.25) is 0 Å². The Balaban J connectivity index is 0.00000294. The van der Waals surface area contributed by atoms with Gasteiger partial charge in [0.05, 0.1) is 18.8 Å². The molecule has 0 aromatic heterocycles. The number of aliphatic hydroxyl groups is 1. The SMILES string of the molecule is CCC[C@H](/C=C/[C@@H](C)[C@H]1CCC2C3C(CC[C@@]21C)[C@@]1(C)CC[C@H](O)C[C@@H]1C[C@H]3OS(=O)(=O)[O-])COS(=O)(=O)[O-].[Na+].[Na+]. The van der Waals surface area contributed by atoms with E-state index in [1.54, 1.807) is 0 Å². The van der Waals surface area contributed by atoms with E-state index in [1.165, 1.54) is 0 Å². The number of rotatable bonds is 10. The summed E-state index contributed by atoms with van der Waals surface area (Å²) in [5.41, 5.74) is -0.0533. The first-order valence-electron chi connectivity index (χ1n) is 14.7. The van der Waals surface area contributed by atoms with E-state index in [-0.39, 0.29) is 112 Å². The van der Waals surface area contributed by atoms with Crippen LogP contribution < -0.4 is 59.1 Å². The van der Waals surface area contributed by atoms with E-state index in [2.05, 4.69) is 31.0 Å². The molecule has 1 N–H and O–H groups in total. The zero-order valence-electron chi connectivity index (χ0n) is 25.7. The van der Waals surface area contributed by atoms with Gasteiger partial charge in [0.15, 0.2) is 0 Å². The van der Waals surface area contributed by atoms with Crippen molar-refractivity contribution in [2.45, 2.75) is 104 Å². The molecule has 0 bridgehead atoms. The summed E-state index contributed by atoms with van der Waals surface area (Å²) >= 11 is 0. The van der Waals surface area contributed by atoms with Gasteiger partial charge >= 0.3 is 59.1 Å². The number of aliphatic hydroxyl groups excluding tert-OH is 1. The quantitative estimate of drug-likeness (QED) is 0.131. The summed E-state index contributed by atoms with van der Waals surface area (Å²) in [5.74, 6) is 0.960. The predicted molar refractivity (Wildman–Crippen MR) is 144 cm³/mol. The fourth-order valence-corrected chi connectivity index (χ4v) is 10.4. The van der Waals surface area contributed by atoms with Crippen LogP contribution in [0.15, 0.2) is 12.2 Å². The predicted octanol–water partition coefficient (Wildman–Crippen LogP) is -1.45. The zero-order valence-corrected chi connectivity index (χ0v) is 31.3. The molecule has 226 valence electrons. The van der Waals surface area contributed by atoms with Crippen LogP contribution in [0.3, 0.4) is 0 Å². The Morgan fingerprint density at radius 1 is 0.927 bits per heavy atom.